The Bertz CT molecular complexity index is 1050. The summed E-state index contributed by atoms with van der Waals surface area (Å²) in [7, 11) is 0. The molecule has 2 aromatic heterocycles. The summed E-state index contributed by atoms with van der Waals surface area (Å²) in [5.41, 5.74) is 2.75. The fourth-order valence-electron chi connectivity index (χ4n) is 3.42. The minimum absolute atomic E-state index is 0.0179. The summed E-state index contributed by atoms with van der Waals surface area (Å²) in [4.78, 5) is 25.6. The van der Waals surface area contributed by atoms with Gasteiger partial charge in [-0.2, -0.15) is 0 Å². The van der Waals surface area contributed by atoms with E-state index in [9.17, 15) is 4.79 Å². The lowest BCUT2D eigenvalue weighted by atomic mass is 9.99. The van der Waals surface area contributed by atoms with E-state index in [0.717, 1.165) is 35.6 Å². The van der Waals surface area contributed by atoms with Crippen LogP contribution in [0.5, 0.6) is 0 Å². The highest BCUT2D eigenvalue weighted by atomic mass is 16.5. The molecule has 1 amide bonds. The molecular formula is C23H26N6O2. The maximum Gasteiger partial charge on any atom is 0.227 e. The Balaban J connectivity index is 1.40. The lowest BCUT2D eigenvalue weighted by Gasteiger charge is -2.21. The molecule has 1 aliphatic heterocycles. The molecule has 3 aromatic rings. The Kier molecular flexibility index (Phi) is 6.37. The highest BCUT2D eigenvalue weighted by Crippen LogP contribution is 2.22. The molecule has 0 saturated carbocycles. The molecule has 0 radical (unpaired) electrons. The molecule has 31 heavy (non-hydrogen) atoms. The molecule has 0 atom stereocenters. The van der Waals surface area contributed by atoms with Gasteiger partial charge < -0.3 is 20.7 Å². The number of anilines is 5. The predicted octanol–water partition coefficient (Wildman–Crippen LogP) is 4.34. The summed E-state index contributed by atoms with van der Waals surface area (Å²) in [6.45, 7) is 5.15. The van der Waals surface area contributed by atoms with Crippen molar-refractivity contribution >= 4 is 34.7 Å². The summed E-state index contributed by atoms with van der Waals surface area (Å²) < 4.78 is 5.32. The van der Waals surface area contributed by atoms with Crippen LogP contribution >= 0.6 is 0 Å². The number of carbonyl (C=O) groups excluding carboxylic acids is 1. The second-order valence-corrected chi connectivity index (χ2v) is 7.61. The SMILES string of the molecule is Cc1ccnc(Nc2cc(Nc3ccc(NC(=O)C4CCOCC4)cc3)nc(C)n2)c1. The number of aromatic nitrogens is 3. The molecule has 0 spiro atoms. The van der Waals surface area contributed by atoms with E-state index in [1.807, 2.05) is 56.3 Å². The van der Waals surface area contributed by atoms with Gasteiger partial charge in [0.1, 0.15) is 23.3 Å². The highest BCUT2D eigenvalue weighted by molar-refractivity contribution is 5.92. The topological polar surface area (TPSA) is 101 Å². The average Bonchev–Trinajstić information content (AvgIpc) is 2.75. The lowest BCUT2D eigenvalue weighted by Crippen LogP contribution is -2.28. The maximum atomic E-state index is 12.4. The molecule has 3 N–H and O–H groups in total. The number of hydrogen-bond donors (Lipinski definition) is 3. The number of carbonyl (C=O) groups is 1. The summed E-state index contributed by atoms with van der Waals surface area (Å²) in [5, 5.41) is 9.49. The van der Waals surface area contributed by atoms with Gasteiger partial charge in [-0.3, -0.25) is 4.79 Å². The predicted molar refractivity (Wildman–Crippen MR) is 121 cm³/mol. The smallest absolute Gasteiger partial charge is 0.227 e. The minimum Gasteiger partial charge on any atom is -0.381 e. The summed E-state index contributed by atoms with van der Waals surface area (Å²) in [6.07, 6.45) is 3.30. The molecule has 1 saturated heterocycles. The number of aryl methyl sites for hydroxylation is 2. The van der Waals surface area contributed by atoms with Crippen LogP contribution in [-0.2, 0) is 9.53 Å². The Morgan fingerprint density at radius 1 is 0.903 bits per heavy atom. The van der Waals surface area contributed by atoms with Crippen LogP contribution in [-0.4, -0.2) is 34.1 Å². The Morgan fingerprint density at radius 3 is 2.29 bits per heavy atom. The van der Waals surface area contributed by atoms with E-state index in [4.69, 9.17) is 4.74 Å². The van der Waals surface area contributed by atoms with E-state index in [1.165, 1.54) is 0 Å². The molecule has 0 bridgehead atoms. The number of nitrogens with zero attached hydrogens (tertiary/aromatic N) is 3. The van der Waals surface area contributed by atoms with Crippen LogP contribution in [0.4, 0.5) is 28.8 Å². The summed E-state index contributed by atoms with van der Waals surface area (Å²) in [6, 6.07) is 13.3. The van der Waals surface area contributed by atoms with Crippen LogP contribution in [0.25, 0.3) is 0 Å². The zero-order valence-corrected chi connectivity index (χ0v) is 17.7. The molecule has 0 unspecified atom stereocenters. The van der Waals surface area contributed by atoms with Crippen molar-refractivity contribution in [2.75, 3.05) is 29.2 Å². The maximum absolute atomic E-state index is 12.4. The van der Waals surface area contributed by atoms with Gasteiger partial charge in [-0.1, -0.05) is 0 Å². The fourth-order valence-corrected chi connectivity index (χ4v) is 3.42. The van der Waals surface area contributed by atoms with Crippen LogP contribution in [0, 0.1) is 19.8 Å². The van der Waals surface area contributed by atoms with E-state index in [1.54, 1.807) is 6.20 Å². The summed E-state index contributed by atoms with van der Waals surface area (Å²) in [5.74, 6) is 2.77. The Hall–Kier alpha value is -3.52. The summed E-state index contributed by atoms with van der Waals surface area (Å²) >= 11 is 0. The number of pyridine rings is 1. The van der Waals surface area contributed by atoms with Gasteiger partial charge in [-0.25, -0.2) is 15.0 Å². The van der Waals surface area contributed by atoms with E-state index in [-0.39, 0.29) is 11.8 Å². The fraction of sp³-hybridized carbons (Fsp3) is 0.304. The van der Waals surface area contributed by atoms with E-state index < -0.39 is 0 Å². The first-order chi connectivity index (χ1) is 15.0. The highest BCUT2D eigenvalue weighted by Gasteiger charge is 2.21. The third-order valence-corrected chi connectivity index (χ3v) is 5.03. The first kappa shape index (κ1) is 20.7. The standard InChI is InChI=1S/C23H26N6O2/c1-15-7-10-24-20(13-15)29-22-14-21(25-16(2)26-22)27-18-3-5-19(6-4-18)28-23(30)17-8-11-31-12-9-17/h3-7,10,13-14,17H,8-9,11-12H2,1-2H3,(H,28,30)(H2,24,25,26,27,29). The van der Waals surface area contributed by atoms with Crippen LogP contribution < -0.4 is 16.0 Å². The van der Waals surface area contributed by atoms with Gasteiger partial charge in [0.25, 0.3) is 0 Å². The average molecular weight is 419 g/mol. The number of rotatable bonds is 6. The van der Waals surface area contributed by atoms with Gasteiger partial charge >= 0.3 is 0 Å². The van der Waals surface area contributed by atoms with Crippen molar-refractivity contribution in [1.82, 2.24) is 15.0 Å². The largest absolute Gasteiger partial charge is 0.381 e. The van der Waals surface area contributed by atoms with Crippen molar-refractivity contribution in [2.24, 2.45) is 5.92 Å². The number of benzene rings is 1. The van der Waals surface area contributed by atoms with Crippen molar-refractivity contribution in [3.05, 3.63) is 60.0 Å². The molecule has 1 aromatic carbocycles. The molecule has 8 nitrogen and oxygen atoms in total. The third kappa shape index (κ3) is 5.76. The van der Waals surface area contributed by atoms with Gasteiger partial charge in [0, 0.05) is 42.8 Å². The van der Waals surface area contributed by atoms with Gasteiger partial charge in [0.2, 0.25) is 5.91 Å². The van der Waals surface area contributed by atoms with Gasteiger partial charge in [-0.15, -0.1) is 0 Å². The van der Waals surface area contributed by atoms with E-state index >= 15 is 0 Å². The van der Waals surface area contributed by atoms with Gasteiger partial charge in [0.15, 0.2) is 0 Å². The zero-order chi connectivity index (χ0) is 21.6. The molecule has 4 rings (SSSR count). The lowest BCUT2D eigenvalue weighted by molar-refractivity contribution is -0.122. The van der Waals surface area contributed by atoms with Crippen LogP contribution in [0.1, 0.15) is 24.2 Å². The molecule has 160 valence electrons. The van der Waals surface area contributed by atoms with Crippen molar-refractivity contribution in [1.29, 1.82) is 0 Å². The van der Waals surface area contributed by atoms with E-state index in [0.29, 0.717) is 30.7 Å². The van der Waals surface area contributed by atoms with Crippen molar-refractivity contribution in [3.63, 3.8) is 0 Å². The molecule has 1 fully saturated rings. The molecule has 8 heteroatoms. The zero-order valence-electron chi connectivity index (χ0n) is 17.7. The number of ether oxygens (including phenoxy) is 1. The normalized spacial score (nSPS) is 14.1. The second kappa shape index (κ2) is 9.53. The minimum atomic E-state index is 0.0179. The Morgan fingerprint density at radius 2 is 1.58 bits per heavy atom. The first-order valence-electron chi connectivity index (χ1n) is 10.4. The van der Waals surface area contributed by atoms with Crippen LogP contribution in [0.15, 0.2) is 48.7 Å². The Labute approximate surface area is 181 Å². The van der Waals surface area contributed by atoms with Crippen molar-refractivity contribution in [2.45, 2.75) is 26.7 Å². The molecule has 0 aliphatic carbocycles. The monoisotopic (exact) mass is 418 g/mol. The first-order valence-corrected chi connectivity index (χ1v) is 10.4. The quantitative estimate of drug-likeness (QED) is 0.547. The number of amides is 1. The van der Waals surface area contributed by atoms with Crippen molar-refractivity contribution < 1.29 is 9.53 Å². The number of hydrogen-bond acceptors (Lipinski definition) is 7. The second-order valence-electron chi connectivity index (χ2n) is 7.61. The van der Waals surface area contributed by atoms with Crippen LogP contribution in [0.2, 0.25) is 0 Å². The molecule has 3 heterocycles. The third-order valence-electron chi connectivity index (χ3n) is 5.03. The number of nitrogens with one attached hydrogen (secondary N) is 3. The molecule has 1 aliphatic rings. The van der Waals surface area contributed by atoms with Gasteiger partial charge in [-0.05, 0) is 68.7 Å². The van der Waals surface area contributed by atoms with E-state index in [2.05, 4.69) is 30.9 Å². The van der Waals surface area contributed by atoms with Crippen LogP contribution in [0.3, 0.4) is 0 Å². The molecular weight excluding hydrogens is 392 g/mol. The van der Waals surface area contributed by atoms with Crippen molar-refractivity contribution in [3.8, 4) is 0 Å². The van der Waals surface area contributed by atoms with Gasteiger partial charge in [0.05, 0.1) is 0 Å².